The molecule has 0 amide bonds. The number of ether oxygens (including phenoxy) is 2. The van der Waals surface area contributed by atoms with Crippen molar-refractivity contribution in [2.75, 3.05) is 39.3 Å². The lowest BCUT2D eigenvalue weighted by molar-refractivity contribution is 0.190. The van der Waals surface area contributed by atoms with Crippen molar-refractivity contribution in [1.29, 1.82) is 0 Å². The lowest BCUT2D eigenvalue weighted by atomic mass is 10.4. The van der Waals surface area contributed by atoms with Crippen molar-refractivity contribution in [2.24, 2.45) is 0 Å². The second-order valence-corrected chi connectivity index (χ2v) is 3.67. The summed E-state index contributed by atoms with van der Waals surface area (Å²) in [5.74, 6) is 0.908. The summed E-state index contributed by atoms with van der Waals surface area (Å²) in [6.45, 7) is 5.15. The highest BCUT2D eigenvalue weighted by Crippen LogP contribution is 2.08. The van der Waals surface area contributed by atoms with Crippen LogP contribution < -0.4 is 5.32 Å². The third kappa shape index (κ3) is 4.20. The van der Waals surface area contributed by atoms with Crippen LogP contribution >= 0.6 is 0 Å². The molecule has 0 spiro atoms. The van der Waals surface area contributed by atoms with Crippen molar-refractivity contribution in [1.82, 2.24) is 9.55 Å². The maximum atomic E-state index is 5.03. The van der Waals surface area contributed by atoms with Gasteiger partial charge in [0, 0.05) is 40.1 Å². The lowest BCUT2D eigenvalue weighted by Gasteiger charge is -2.08. The molecule has 5 heteroatoms. The summed E-state index contributed by atoms with van der Waals surface area (Å²) >= 11 is 0. The second kappa shape index (κ2) is 7.24. The monoisotopic (exact) mass is 227 g/mol. The van der Waals surface area contributed by atoms with Crippen LogP contribution in [0.15, 0.2) is 6.20 Å². The number of aromatic nitrogens is 2. The zero-order valence-corrected chi connectivity index (χ0v) is 10.3. The average Bonchev–Trinajstić information content (AvgIpc) is 2.60. The van der Waals surface area contributed by atoms with E-state index in [1.807, 2.05) is 13.1 Å². The van der Waals surface area contributed by atoms with Gasteiger partial charge in [-0.15, -0.1) is 0 Å². The summed E-state index contributed by atoms with van der Waals surface area (Å²) < 4.78 is 12.1. The molecule has 1 aromatic rings. The summed E-state index contributed by atoms with van der Waals surface area (Å²) in [6, 6.07) is 0. The van der Waals surface area contributed by atoms with Gasteiger partial charge in [0.1, 0.15) is 0 Å². The van der Waals surface area contributed by atoms with Gasteiger partial charge in [-0.05, 0) is 13.3 Å². The lowest BCUT2D eigenvalue weighted by Crippen LogP contribution is -2.12. The van der Waals surface area contributed by atoms with Gasteiger partial charge in [0.25, 0.3) is 0 Å². The van der Waals surface area contributed by atoms with E-state index in [0.29, 0.717) is 6.61 Å². The smallest absolute Gasteiger partial charge is 0.203 e. The first-order chi connectivity index (χ1) is 7.77. The van der Waals surface area contributed by atoms with Crippen LogP contribution in [-0.2, 0) is 16.0 Å². The van der Waals surface area contributed by atoms with Crippen molar-refractivity contribution in [3.05, 3.63) is 11.9 Å². The van der Waals surface area contributed by atoms with E-state index in [1.165, 1.54) is 0 Å². The number of nitrogens with one attached hydrogen (secondary N) is 1. The molecule has 0 bridgehead atoms. The van der Waals surface area contributed by atoms with Crippen LogP contribution in [-0.4, -0.2) is 43.5 Å². The Labute approximate surface area is 96.8 Å². The number of rotatable bonds is 8. The molecule has 0 aliphatic rings. The molecule has 1 aromatic heterocycles. The molecule has 1 N–H and O–H groups in total. The quantitative estimate of drug-likeness (QED) is 0.680. The third-order valence-corrected chi connectivity index (χ3v) is 2.23. The Kier molecular flexibility index (Phi) is 5.88. The number of anilines is 1. The summed E-state index contributed by atoms with van der Waals surface area (Å²) in [5, 5.41) is 3.25. The van der Waals surface area contributed by atoms with Crippen molar-refractivity contribution in [3.63, 3.8) is 0 Å². The summed E-state index contributed by atoms with van der Waals surface area (Å²) in [5.41, 5.74) is 1.03. The maximum Gasteiger partial charge on any atom is 0.203 e. The maximum absolute atomic E-state index is 5.03. The molecule has 0 saturated carbocycles. The average molecular weight is 227 g/mol. The molecule has 0 atom stereocenters. The SMILES string of the molecule is COCCCn1cc(C)nc1NCCOC. The predicted octanol–water partition coefficient (Wildman–Crippen LogP) is 1.29. The molecule has 16 heavy (non-hydrogen) atoms. The van der Waals surface area contributed by atoms with Crippen LogP contribution in [0.25, 0.3) is 0 Å². The summed E-state index contributed by atoms with van der Waals surface area (Å²) in [4.78, 5) is 4.42. The van der Waals surface area contributed by atoms with Crippen molar-refractivity contribution < 1.29 is 9.47 Å². The molecular weight excluding hydrogens is 206 g/mol. The molecule has 92 valence electrons. The van der Waals surface area contributed by atoms with Gasteiger partial charge in [0.15, 0.2) is 0 Å². The Morgan fingerprint density at radius 1 is 1.31 bits per heavy atom. The summed E-state index contributed by atoms with van der Waals surface area (Å²) in [7, 11) is 3.41. The fourth-order valence-electron chi connectivity index (χ4n) is 1.50. The topological polar surface area (TPSA) is 48.3 Å². The van der Waals surface area contributed by atoms with E-state index in [4.69, 9.17) is 9.47 Å². The van der Waals surface area contributed by atoms with E-state index in [2.05, 4.69) is 14.9 Å². The Bertz CT molecular complexity index is 272. The molecule has 1 rings (SSSR count). The van der Waals surface area contributed by atoms with Crippen LogP contribution in [0.3, 0.4) is 0 Å². The molecule has 0 radical (unpaired) electrons. The van der Waals surface area contributed by atoms with E-state index < -0.39 is 0 Å². The summed E-state index contributed by atoms with van der Waals surface area (Å²) in [6.07, 6.45) is 3.04. The van der Waals surface area contributed by atoms with E-state index in [-0.39, 0.29) is 0 Å². The van der Waals surface area contributed by atoms with Crippen molar-refractivity contribution in [3.8, 4) is 0 Å². The Hall–Kier alpha value is -1.07. The standard InChI is InChI=1S/C11H21N3O2/c1-10-9-14(6-4-7-15-2)11(13-10)12-5-8-16-3/h9H,4-8H2,1-3H3,(H,12,13). The second-order valence-electron chi connectivity index (χ2n) is 3.67. The number of hydrogen-bond donors (Lipinski definition) is 1. The molecular formula is C11H21N3O2. The number of aryl methyl sites for hydroxylation is 2. The molecule has 0 aliphatic carbocycles. The number of nitrogens with zero attached hydrogens (tertiary/aromatic N) is 2. The highest BCUT2D eigenvalue weighted by atomic mass is 16.5. The first-order valence-corrected chi connectivity index (χ1v) is 5.53. The number of imidazole rings is 1. The van der Waals surface area contributed by atoms with Gasteiger partial charge in [0.05, 0.1) is 12.3 Å². The minimum Gasteiger partial charge on any atom is -0.385 e. The van der Waals surface area contributed by atoms with Gasteiger partial charge in [-0.1, -0.05) is 0 Å². The zero-order valence-electron chi connectivity index (χ0n) is 10.3. The van der Waals surface area contributed by atoms with Crippen molar-refractivity contribution >= 4 is 5.95 Å². The largest absolute Gasteiger partial charge is 0.385 e. The molecule has 0 aliphatic heterocycles. The highest BCUT2D eigenvalue weighted by molar-refractivity contribution is 5.28. The van der Waals surface area contributed by atoms with Crippen LogP contribution in [0.1, 0.15) is 12.1 Å². The van der Waals surface area contributed by atoms with E-state index >= 15 is 0 Å². The van der Waals surface area contributed by atoms with Gasteiger partial charge in [-0.2, -0.15) is 0 Å². The van der Waals surface area contributed by atoms with Crippen LogP contribution in [0.4, 0.5) is 5.95 Å². The van der Waals surface area contributed by atoms with Gasteiger partial charge >= 0.3 is 0 Å². The fraction of sp³-hybridized carbons (Fsp3) is 0.727. The minimum absolute atomic E-state index is 0.685. The molecule has 0 unspecified atom stereocenters. The Balaban J connectivity index is 2.46. The van der Waals surface area contributed by atoms with Gasteiger partial charge in [-0.3, -0.25) is 0 Å². The molecule has 0 aromatic carbocycles. The van der Waals surface area contributed by atoms with E-state index in [1.54, 1.807) is 14.2 Å². The first kappa shape index (κ1) is 13.0. The molecule has 5 nitrogen and oxygen atoms in total. The normalized spacial score (nSPS) is 10.7. The predicted molar refractivity (Wildman–Crippen MR) is 63.8 cm³/mol. The molecule has 0 saturated heterocycles. The highest BCUT2D eigenvalue weighted by Gasteiger charge is 2.04. The van der Waals surface area contributed by atoms with Gasteiger partial charge in [-0.25, -0.2) is 4.98 Å². The molecule has 0 fully saturated rings. The van der Waals surface area contributed by atoms with E-state index in [0.717, 1.165) is 37.8 Å². The van der Waals surface area contributed by atoms with Crippen LogP contribution in [0, 0.1) is 6.92 Å². The zero-order chi connectivity index (χ0) is 11.8. The number of methoxy groups -OCH3 is 2. The minimum atomic E-state index is 0.685. The third-order valence-electron chi connectivity index (χ3n) is 2.23. The molecule has 1 heterocycles. The Morgan fingerprint density at radius 3 is 2.75 bits per heavy atom. The van der Waals surface area contributed by atoms with Gasteiger partial charge in [0.2, 0.25) is 5.95 Å². The number of hydrogen-bond acceptors (Lipinski definition) is 4. The van der Waals surface area contributed by atoms with Gasteiger partial charge < -0.3 is 19.4 Å². The van der Waals surface area contributed by atoms with Crippen molar-refractivity contribution in [2.45, 2.75) is 19.9 Å². The first-order valence-electron chi connectivity index (χ1n) is 5.53. The van der Waals surface area contributed by atoms with Crippen LogP contribution in [0.5, 0.6) is 0 Å². The fourth-order valence-corrected chi connectivity index (χ4v) is 1.50. The van der Waals surface area contributed by atoms with E-state index in [9.17, 15) is 0 Å². The van der Waals surface area contributed by atoms with Crippen LogP contribution in [0.2, 0.25) is 0 Å². The Morgan fingerprint density at radius 2 is 2.06 bits per heavy atom.